The highest BCUT2D eigenvalue weighted by atomic mass is 79.9. The molecule has 0 aliphatic rings. The predicted molar refractivity (Wildman–Crippen MR) is 62.1 cm³/mol. The van der Waals surface area contributed by atoms with Gasteiger partial charge in [-0.2, -0.15) is 0 Å². The van der Waals surface area contributed by atoms with E-state index in [0.29, 0.717) is 10.0 Å². The van der Waals surface area contributed by atoms with Crippen LogP contribution < -0.4 is 5.73 Å². The second-order valence-electron chi connectivity index (χ2n) is 3.58. The van der Waals surface area contributed by atoms with Crippen molar-refractivity contribution in [2.24, 2.45) is 5.73 Å². The maximum absolute atomic E-state index is 13.6. The fraction of sp³-hybridized carbons (Fsp3) is 0.455. The minimum atomic E-state index is -0.377. The van der Waals surface area contributed by atoms with Gasteiger partial charge in [0.15, 0.2) is 0 Å². The van der Waals surface area contributed by atoms with Gasteiger partial charge in [0.2, 0.25) is 0 Å². The molecule has 0 aliphatic carbocycles. The third-order valence-corrected chi connectivity index (χ3v) is 2.45. The zero-order valence-electron chi connectivity index (χ0n) is 8.84. The molecule has 0 aliphatic heterocycles. The SMILES string of the molecule is CC(C)OC(CN)c1ccc(Br)cc1F. The van der Waals surface area contributed by atoms with Crippen LogP contribution in [0.25, 0.3) is 0 Å². The van der Waals surface area contributed by atoms with Gasteiger partial charge in [-0.05, 0) is 26.0 Å². The molecule has 1 aromatic rings. The Kier molecular flexibility index (Phi) is 4.70. The molecule has 0 saturated heterocycles. The van der Waals surface area contributed by atoms with Crippen LogP contribution in [-0.2, 0) is 4.74 Å². The van der Waals surface area contributed by atoms with E-state index in [2.05, 4.69) is 15.9 Å². The molecule has 0 radical (unpaired) electrons. The number of hydrogen-bond acceptors (Lipinski definition) is 2. The molecule has 15 heavy (non-hydrogen) atoms. The molecule has 0 aromatic heterocycles. The third-order valence-electron chi connectivity index (χ3n) is 1.96. The summed E-state index contributed by atoms with van der Waals surface area (Å²) in [5.41, 5.74) is 6.07. The summed E-state index contributed by atoms with van der Waals surface area (Å²) in [6, 6.07) is 4.89. The van der Waals surface area contributed by atoms with Gasteiger partial charge in [0.1, 0.15) is 5.82 Å². The maximum atomic E-state index is 13.6. The molecule has 1 unspecified atom stereocenters. The lowest BCUT2D eigenvalue weighted by Crippen LogP contribution is -2.20. The summed E-state index contributed by atoms with van der Waals surface area (Å²) in [5.74, 6) is -0.291. The van der Waals surface area contributed by atoms with E-state index in [0.717, 1.165) is 0 Å². The van der Waals surface area contributed by atoms with Gasteiger partial charge in [-0.15, -0.1) is 0 Å². The molecule has 84 valence electrons. The Morgan fingerprint density at radius 2 is 2.13 bits per heavy atom. The number of rotatable bonds is 4. The Hall–Kier alpha value is -0.450. The van der Waals surface area contributed by atoms with Gasteiger partial charge < -0.3 is 10.5 Å². The Morgan fingerprint density at radius 1 is 1.47 bits per heavy atom. The van der Waals surface area contributed by atoms with E-state index >= 15 is 0 Å². The Balaban J connectivity index is 2.91. The summed E-state index contributed by atoms with van der Waals surface area (Å²) < 4.78 is 19.8. The van der Waals surface area contributed by atoms with Crippen LogP contribution >= 0.6 is 15.9 Å². The maximum Gasteiger partial charge on any atom is 0.130 e. The molecule has 0 fully saturated rings. The highest BCUT2D eigenvalue weighted by Crippen LogP contribution is 2.23. The normalized spacial score (nSPS) is 13.2. The van der Waals surface area contributed by atoms with E-state index < -0.39 is 0 Å². The van der Waals surface area contributed by atoms with E-state index in [4.69, 9.17) is 10.5 Å². The second-order valence-corrected chi connectivity index (χ2v) is 4.49. The van der Waals surface area contributed by atoms with E-state index in [1.165, 1.54) is 6.07 Å². The van der Waals surface area contributed by atoms with Gasteiger partial charge in [-0.1, -0.05) is 22.0 Å². The first-order chi connectivity index (χ1) is 7.04. The Labute approximate surface area is 97.7 Å². The summed E-state index contributed by atoms with van der Waals surface area (Å²) in [6.45, 7) is 4.08. The van der Waals surface area contributed by atoms with Crippen LogP contribution in [0.15, 0.2) is 22.7 Å². The van der Waals surface area contributed by atoms with Crippen molar-refractivity contribution in [1.29, 1.82) is 0 Å². The van der Waals surface area contributed by atoms with Gasteiger partial charge in [-0.3, -0.25) is 0 Å². The molecule has 0 saturated carbocycles. The molecular formula is C11H15BrFNO. The number of hydrogen-bond donors (Lipinski definition) is 1. The summed E-state index contributed by atoms with van der Waals surface area (Å²) >= 11 is 3.21. The molecule has 2 N–H and O–H groups in total. The first kappa shape index (κ1) is 12.6. The van der Waals surface area contributed by atoms with Crippen LogP contribution in [0.1, 0.15) is 25.5 Å². The van der Waals surface area contributed by atoms with E-state index in [1.807, 2.05) is 13.8 Å². The van der Waals surface area contributed by atoms with Crippen LogP contribution in [0.2, 0.25) is 0 Å². The van der Waals surface area contributed by atoms with Crippen LogP contribution in [0, 0.1) is 5.82 Å². The molecule has 4 heteroatoms. The fourth-order valence-electron chi connectivity index (χ4n) is 1.35. The molecule has 0 bridgehead atoms. The third kappa shape index (κ3) is 3.55. The van der Waals surface area contributed by atoms with E-state index in [-0.39, 0.29) is 24.6 Å². The molecule has 1 atom stereocenters. The summed E-state index contributed by atoms with van der Waals surface area (Å²) in [6.07, 6.45) is -0.348. The molecule has 2 nitrogen and oxygen atoms in total. The fourth-order valence-corrected chi connectivity index (χ4v) is 1.68. The standard InChI is InChI=1S/C11H15BrFNO/c1-7(2)15-11(6-14)9-4-3-8(12)5-10(9)13/h3-5,7,11H,6,14H2,1-2H3. The zero-order chi connectivity index (χ0) is 11.4. The van der Waals surface area contributed by atoms with E-state index in [1.54, 1.807) is 12.1 Å². The Morgan fingerprint density at radius 3 is 2.60 bits per heavy atom. The van der Waals surface area contributed by atoms with Gasteiger partial charge in [0.05, 0.1) is 12.2 Å². The largest absolute Gasteiger partial charge is 0.369 e. The van der Waals surface area contributed by atoms with Crippen molar-refractivity contribution in [3.63, 3.8) is 0 Å². The second kappa shape index (κ2) is 5.58. The summed E-state index contributed by atoms with van der Waals surface area (Å²) in [5, 5.41) is 0. The van der Waals surface area contributed by atoms with Crippen molar-refractivity contribution in [3.05, 3.63) is 34.1 Å². The van der Waals surface area contributed by atoms with Gasteiger partial charge in [-0.25, -0.2) is 4.39 Å². The van der Waals surface area contributed by atoms with Gasteiger partial charge in [0, 0.05) is 16.6 Å². The lowest BCUT2D eigenvalue weighted by atomic mass is 10.1. The zero-order valence-corrected chi connectivity index (χ0v) is 10.4. The number of halogens is 2. The molecule has 0 heterocycles. The van der Waals surface area contributed by atoms with Crippen LogP contribution in [0.4, 0.5) is 4.39 Å². The monoisotopic (exact) mass is 275 g/mol. The van der Waals surface area contributed by atoms with Crippen molar-refractivity contribution in [2.45, 2.75) is 26.1 Å². The highest BCUT2D eigenvalue weighted by molar-refractivity contribution is 9.10. The molecule has 1 aromatic carbocycles. The first-order valence-corrected chi connectivity index (χ1v) is 5.64. The lowest BCUT2D eigenvalue weighted by Gasteiger charge is -2.19. The summed E-state index contributed by atoms with van der Waals surface area (Å²) in [7, 11) is 0. The first-order valence-electron chi connectivity index (χ1n) is 4.85. The number of benzene rings is 1. The van der Waals surface area contributed by atoms with Crippen molar-refractivity contribution in [1.82, 2.24) is 0 Å². The minimum Gasteiger partial charge on any atom is -0.369 e. The Bertz CT molecular complexity index is 330. The number of ether oxygens (including phenoxy) is 1. The van der Waals surface area contributed by atoms with E-state index in [9.17, 15) is 4.39 Å². The predicted octanol–water partition coefficient (Wildman–Crippen LogP) is 3.01. The molecule has 0 amide bonds. The smallest absolute Gasteiger partial charge is 0.130 e. The van der Waals surface area contributed by atoms with Crippen molar-refractivity contribution >= 4 is 15.9 Å². The quantitative estimate of drug-likeness (QED) is 0.917. The van der Waals surface area contributed by atoms with Gasteiger partial charge >= 0.3 is 0 Å². The molecular weight excluding hydrogens is 261 g/mol. The lowest BCUT2D eigenvalue weighted by molar-refractivity contribution is 0.0101. The van der Waals surface area contributed by atoms with Crippen LogP contribution in [0.5, 0.6) is 0 Å². The summed E-state index contributed by atoms with van der Waals surface area (Å²) in [4.78, 5) is 0. The van der Waals surface area contributed by atoms with Crippen LogP contribution in [-0.4, -0.2) is 12.6 Å². The van der Waals surface area contributed by atoms with Crippen molar-refractivity contribution in [2.75, 3.05) is 6.54 Å². The topological polar surface area (TPSA) is 35.2 Å². The number of nitrogens with two attached hydrogens (primary N) is 1. The minimum absolute atomic E-state index is 0.0293. The molecule has 0 spiro atoms. The van der Waals surface area contributed by atoms with Crippen molar-refractivity contribution in [3.8, 4) is 0 Å². The average Bonchev–Trinajstić information content (AvgIpc) is 2.14. The van der Waals surface area contributed by atoms with Crippen molar-refractivity contribution < 1.29 is 9.13 Å². The van der Waals surface area contributed by atoms with Gasteiger partial charge in [0.25, 0.3) is 0 Å². The average molecular weight is 276 g/mol. The van der Waals surface area contributed by atoms with Crippen LogP contribution in [0.3, 0.4) is 0 Å². The molecule has 1 rings (SSSR count). The highest BCUT2D eigenvalue weighted by Gasteiger charge is 2.16.